The lowest BCUT2D eigenvalue weighted by Gasteiger charge is -2.07. The summed E-state index contributed by atoms with van der Waals surface area (Å²) in [5.41, 5.74) is 0. The topological polar surface area (TPSA) is 80.5 Å². The molecule has 2 rings (SSSR count). The molecule has 90 valence electrons. The summed E-state index contributed by atoms with van der Waals surface area (Å²) < 4.78 is 1.98. The molecule has 7 heteroatoms. The van der Waals surface area contributed by atoms with Crippen molar-refractivity contribution in [3.63, 3.8) is 0 Å². The minimum atomic E-state index is 0.591. The fourth-order valence-corrected chi connectivity index (χ4v) is 1.44. The van der Waals surface area contributed by atoms with Crippen molar-refractivity contribution in [1.82, 2.24) is 24.7 Å². The van der Waals surface area contributed by atoms with Crippen molar-refractivity contribution in [2.45, 2.75) is 20.0 Å². The van der Waals surface area contributed by atoms with Gasteiger partial charge in [-0.25, -0.2) is 9.97 Å². The van der Waals surface area contributed by atoms with Crippen LogP contribution in [-0.2, 0) is 13.1 Å². The zero-order chi connectivity index (χ0) is 12.1. The van der Waals surface area contributed by atoms with Gasteiger partial charge < -0.3 is 15.2 Å². The Hall–Kier alpha value is -2.18. The molecule has 2 aromatic rings. The lowest BCUT2D eigenvalue weighted by atomic mass is 10.5. The van der Waals surface area contributed by atoms with E-state index < -0.39 is 0 Å². The fourth-order valence-electron chi connectivity index (χ4n) is 1.44. The van der Waals surface area contributed by atoms with Gasteiger partial charge in [0.2, 0.25) is 0 Å². The highest BCUT2D eigenvalue weighted by Gasteiger charge is 2.03. The molecule has 0 aromatic carbocycles. The fraction of sp³-hybridized carbons (Fsp3) is 0.400. The van der Waals surface area contributed by atoms with Crippen molar-refractivity contribution in [3.05, 3.63) is 24.5 Å². The maximum Gasteiger partial charge on any atom is 0.152 e. The number of nitrogens with zero attached hydrogens (tertiary/aromatic N) is 5. The second-order valence-electron chi connectivity index (χ2n) is 3.43. The van der Waals surface area contributed by atoms with Gasteiger partial charge in [-0.1, -0.05) is 0 Å². The molecule has 0 fully saturated rings. The lowest BCUT2D eigenvalue weighted by molar-refractivity contribution is 0.707. The summed E-state index contributed by atoms with van der Waals surface area (Å²) in [6, 6.07) is 1.84. The molecule has 2 heterocycles. The van der Waals surface area contributed by atoms with Crippen molar-refractivity contribution in [3.8, 4) is 0 Å². The van der Waals surface area contributed by atoms with E-state index in [9.17, 15) is 0 Å². The normalized spacial score (nSPS) is 10.2. The second-order valence-corrected chi connectivity index (χ2v) is 3.43. The predicted molar refractivity (Wildman–Crippen MR) is 64.6 cm³/mol. The third kappa shape index (κ3) is 2.68. The third-order valence-electron chi connectivity index (χ3n) is 2.39. The molecular formula is C10H15N7. The van der Waals surface area contributed by atoms with E-state index in [1.54, 1.807) is 6.33 Å². The number of rotatable bonds is 5. The van der Waals surface area contributed by atoms with Crippen LogP contribution in [0, 0.1) is 0 Å². The number of aromatic nitrogens is 5. The van der Waals surface area contributed by atoms with Crippen LogP contribution >= 0.6 is 0 Å². The van der Waals surface area contributed by atoms with Crippen LogP contribution in [0.3, 0.4) is 0 Å². The van der Waals surface area contributed by atoms with Crippen molar-refractivity contribution < 1.29 is 0 Å². The van der Waals surface area contributed by atoms with Gasteiger partial charge in [-0.3, -0.25) is 0 Å². The summed E-state index contributed by atoms with van der Waals surface area (Å²) in [4.78, 5) is 8.16. The first-order valence-corrected chi connectivity index (χ1v) is 5.44. The SMILES string of the molecule is CCn1cnnc1CNc1cc(NC)ncn1. The maximum atomic E-state index is 4.12. The van der Waals surface area contributed by atoms with Crippen LogP contribution < -0.4 is 10.6 Å². The molecule has 2 N–H and O–H groups in total. The van der Waals surface area contributed by atoms with E-state index in [2.05, 4.69) is 37.7 Å². The van der Waals surface area contributed by atoms with Crippen LogP contribution in [0.2, 0.25) is 0 Å². The molecule has 0 radical (unpaired) electrons. The van der Waals surface area contributed by atoms with Gasteiger partial charge in [0.1, 0.15) is 24.3 Å². The molecule has 17 heavy (non-hydrogen) atoms. The Labute approximate surface area is 99.3 Å². The largest absolute Gasteiger partial charge is 0.373 e. The van der Waals surface area contributed by atoms with Crippen molar-refractivity contribution in [1.29, 1.82) is 0 Å². The smallest absolute Gasteiger partial charge is 0.152 e. The van der Waals surface area contributed by atoms with Gasteiger partial charge >= 0.3 is 0 Å². The maximum absolute atomic E-state index is 4.12. The Morgan fingerprint density at radius 3 is 2.88 bits per heavy atom. The minimum Gasteiger partial charge on any atom is -0.373 e. The van der Waals surface area contributed by atoms with Crippen LogP contribution in [0.1, 0.15) is 12.7 Å². The molecule has 0 aliphatic carbocycles. The molecule has 0 spiro atoms. The van der Waals surface area contributed by atoms with Crippen LogP contribution in [0.4, 0.5) is 11.6 Å². The highest BCUT2D eigenvalue weighted by molar-refractivity contribution is 5.45. The number of hydrogen-bond acceptors (Lipinski definition) is 6. The Bertz CT molecular complexity index is 479. The van der Waals surface area contributed by atoms with Gasteiger partial charge in [0.25, 0.3) is 0 Å². The molecule has 0 saturated carbocycles. The van der Waals surface area contributed by atoms with Gasteiger partial charge in [-0.2, -0.15) is 0 Å². The summed E-state index contributed by atoms with van der Waals surface area (Å²) >= 11 is 0. The average Bonchev–Trinajstić information content (AvgIpc) is 2.84. The molecule has 2 aromatic heterocycles. The van der Waals surface area contributed by atoms with E-state index in [1.165, 1.54) is 6.33 Å². The van der Waals surface area contributed by atoms with E-state index in [-0.39, 0.29) is 0 Å². The summed E-state index contributed by atoms with van der Waals surface area (Å²) in [6.07, 6.45) is 3.23. The van der Waals surface area contributed by atoms with Crippen LogP contribution in [0.5, 0.6) is 0 Å². The predicted octanol–water partition coefficient (Wildman–Crippen LogP) is 0.742. The zero-order valence-electron chi connectivity index (χ0n) is 9.88. The Morgan fingerprint density at radius 2 is 2.12 bits per heavy atom. The molecular weight excluding hydrogens is 218 g/mol. The van der Waals surface area contributed by atoms with Crippen LogP contribution in [0.15, 0.2) is 18.7 Å². The minimum absolute atomic E-state index is 0.591. The van der Waals surface area contributed by atoms with Crippen LogP contribution in [-0.4, -0.2) is 31.8 Å². The lowest BCUT2D eigenvalue weighted by Crippen LogP contribution is -2.08. The van der Waals surface area contributed by atoms with E-state index in [0.717, 1.165) is 24.0 Å². The monoisotopic (exact) mass is 233 g/mol. The summed E-state index contributed by atoms with van der Waals surface area (Å²) in [7, 11) is 1.82. The Balaban J connectivity index is 2.02. The molecule has 0 aliphatic rings. The highest BCUT2D eigenvalue weighted by atomic mass is 15.3. The number of hydrogen-bond donors (Lipinski definition) is 2. The molecule has 0 atom stereocenters. The van der Waals surface area contributed by atoms with Crippen molar-refractivity contribution >= 4 is 11.6 Å². The zero-order valence-corrected chi connectivity index (χ0v) is 9.88. The molecule has 0 unspecified atom stereocenters. The number of anilines is 2. The molecule has 0 amide bonds. The van der Waals surface area contributed by atoms with Crippen LogP contribution in [0.25, 0.3) is 0 Å². The van der Waals surface area contributed by atoms with E-state index in [1.807, 2.05) is 17.7 Å². The first-order chi connectivity index (χ1) is 8.33. The summed E-state index contributed by atoms with van der Waals surface area (Å²) in [6.45, 7) is 3.50. The molecule has 0 bridgehead atoms. The van der Waals surface area contributed by atoms with Gasteiger partial charge in [0, 0.05) is 19.7 Å². The van der Waals surface area contributed by atoms with Gasteiger partial charge in [-0.15, -0.1) is 10.2 Å². The highest BCUT2D eigenvalue weighted by Crippen LogP contribution is 2.08. The molecule has 0 saturated heterocycles. The van der Waals surface area contributed by atoms with Gasteiger partial charge in [0.15, 0.2) is 5.82 Å². The van der Waals surface area contributed by atoms with E-state index >= 15 is 0 Å². The molecule has 0 aliphatic heterocycles. The summed E-state index contributed by atoms with van der Waals surface area (Å²) in [5.74, 6) is 2.42. The van der Waals surface area contributed by atoms with Crippen molar-refractivity contribution in [2.24, 2.45) is 0 Å². The Kier molecular flexibility index (Phi) is 3.49. The quantitative estimate of drug-likeness (QED) is 0.793. The Morgan fingerprint density at radius 1 is 1.29 bits per heavy atom. The number of nitrogens with one attached hydrogen (secondary N) is 2. The van der Waals surface area contributed by atoms with Gasteiger partial charge in [-0.05, 0) is 6.92 Å². The summed E-state index contributed by atoms with van der Waals surface area (Å²) in [5, 5.41) is 14.0. The first-order valence-electron chi connectivity index (χ1n) is 5.44. The first kappa shape index (κ1) is 11.3. The van der Waals surface area contributed by atoms with E-state index in [0.29, 0.717) is 6.54 Å². The molecule has 7 nitrogen and oxygen atoms in total. The van der Waals surface area contributed by atoms with Gasteiger partial charge in [0.05, 0.1) is 6.54 Å². The average molecular weight is 233 g/mol. The second kappa shape index (κ2) is 5.24. The number of aryl methyl sites for hydroxylation is 1. The standard InChI is InChI=1S/C10H15N7/c1-3-17-7-15-16-10(17)5-12-9-4-8(11-2)13-6-14-9/h4,6-7H,3,5H2,1-2H3,(H2,11,12,13,14). The third-order valence-corrected chi connectivity index (χ3v) is 2.39. The van der Waals surface area contributed by atoms with Crippen molar-refractivity contribution in [2.75, 3.05) is 17.7 Å². The van der Waals surface area contributed by atoms with E-state index in [4.69, 9.17) is 0 Å².